The lowest BCUT2D eigenvalue weighted by molar-refractivity contribution is -0.113. The number of rotatable bonds is 5. The minimum Gasteiger partial charge on any atom is -0.325 e. The van der Waals surface area contributed by atoms with E-state index in [1.807, 2.05) is 31.2 Å². The lowest BCUT2D eigenvalue weighted by Gasteiger charge is -2.11. The molecule has 1 heterocycles. The summed E-state index contributed by atoms with van der Waals surface area (Å²) in [7, 11) is 0. The Kier molecular flexibility index (Phi) is 4.99. The number of fused-ring (bicyclic) bond motifs is 2. The van der Waals surface area contributed by atoms with Crippen molar-refractivity contribution in [2.45, 2.75) is 37.9 Å². The van der Waals surface area contributed by atoms with Crippen LogP contribution in [0, 0.1) is 0 Å². The Labute approximate surface area is 161 Å². The summed E-state index contributed by atoms with van der Waals surface area (Å²) in [6.45, 7) is 2.43. The maximum Gasteiger partial charge on any atom is 0.262 e. The largest absolute Gasteiger partial charge is 0.325 e. The van der Waals surface area contributed by atoms with E-state index < -0.39 is 0 Å². The molecule has 0 saturated carbocycles. The zero-order chi connectivity index (χ0) is 18.8. The molecule has 0 aliphatic heterocycles. The van der Waals surface area contributed by atoms with E-state index in [2.05, 4.69) is 22.4 Å². The van der Waals surface area contributed by atoms with E-state index >= 15 is 0 Å². The molecular weight excluding hydrogens is 358 g/mol. The molecule has 0 saturated heterocycles. The summed E-state index contributed by atoms with van der Waals surface area (Å²) in [6, 6.07) is 13.4. The number of benzene rings is 2. The molecule has 1 N–H and O–H groups in total. The minimum absolute atomic E-state index is 0.0652. The summed E-state index contributed by atoms with van der Waals surface area (Å²) in [4.78, 5) is 29.6. The molecule has 6 heteroatoms. The zero-order valence-electron chi connectivity index (χ0n) is 15.2. The van der Waals surface area contributed by atoms with Crippen molar-refractivity contribution in [1.29, 1.82) is 0 Å². The topological polar surface area (TPSA) is 64.0 Å². The average Bonchev–Trinajstić information content (AvgIpc) is 3.14. The van der Waals surface area contributed by atoms with E-state index in [0.717, 1.165) is 18.5 Å². The number of carbonyl (C=O) groups is 1. The highest BCUT2D eigenvalue weighted by Crippen LogP contribution is 2.25. The molecule has 0 spiro atoms. The molecule has 27 heavy (non-hydrogen) atoms. The Morgan fingerprint density at radius 1 is 1.19 bits per heavy atom. The number of amides is 1. The highest BCUT2D eigenvalue weighted by atomic mass is 32.2. The molecular formula is C21H21N3O2S. The molecule has 0 bridgehead atoms. The predicted molar refractivity (Wildman–Crippen MR) is 109 cm³/mol. The molecule has 4 rings (SSSR count). The molecule has 1 aliphatic rings. The summed E-state index contributed by atoms with van der Waals surface area (Å²) >= 11 is 1.29. The first kappa shape index (κ1) is 17.8. The maximum atomic E-state index is 12.6. The van der Waals surface area contributed by atoms with E-state index in [1.54, 1.807) is 10.6 Å². The van der Waals surface area contributed by atoms with Crippen molar-refractivity contribution in [1.82, 2.24) is 9.55 Å². The Hall–Kier alpha value is -2.60. The molecule has 0 radical (unpaired) electrons. The van der Waals surface area contributed by atoms with Crippen LogP contribution in [0.3, 0.4) is 0 Å². The van der Waals surface area contributed by atoms with Gasteiger partial charge in [0.15, 0.2) is 5.16 Å². The predicted octanol–water partition coefficient (Wildman–Crippen LogP) is 3.64. The average molecular weight is 379 g/mol. The van der Waals surface area contributed by atoms with Crippen LogP contribution in [0.15, 0.2) is 52.4 Å². The zero-order valence-corrected chi connectivity index (χ0v) is 16.0. The van der Waals surface area contributed by atoms with Crippen molar-refractivity contribution in [3.63, 3.8) is 0 Å². The van der Waals surface area contributed by atoms with Crippen molar-refractivity contribution in [3.8, 4) is 0 Å². The van der Waals surface area contributed by atoms with Gasteiger partial charge in [-0.05, 0) is 61.6 Å². The summed E-state index contributed by atoms with van der Waals surface area (Å²) in [6.07, 6.45) is 3.39. The Morgan fingerprint density at radius 3 is 2.85 bits per heavy atom. The highest BCUT2D eigenvalue weighted by molar-refractivity contribution is 7.99. The van der Waals surface area contributed by atoms with E-state index in [4.69, 9.17) is 0 Å². The van der Waals surface area contributed by atoms with Gasteiger partial charge in [0, 0.05) is 12.2 Å². The van der Waals surface area contributed by atoms with Gasteiger partial charge >= 0.3 is 0 Å². The molecule has 0 unspecified atom stereocenters. The monoisotopic (exact) mass is 379 g/mol. The lowest BCUT2D eigenvalue weighted by atomic mass is 10.1. The van der Waals surface area contributed by atoms with Crippen LogP contribution in [-0.4, -0.2) is 21.2 Å². The molecule has 0 atom stereocenters. The maximum absolute atomic E-state index is 12.6. The number of para-hydroxylation sites is 1. The van der Waals surface area contributed by atoms with Crippen LogP contribution in [-0.2, 0) is 24.2 Å². The fourth-order valence-electron chi connectivity index (χ4n) is 3.51. The third-order valence-corrected chi connectivity index (χ3v) is 5.83. The fourth-order valence-corrected chi connectivity index (χ4v) is 4.38. The van der Waals surface area contributed by atoms with E-state index in [0.29, 0.717) is 22.6 Å². The van der Waals surface area contributed by atoms with Crippen molar-refractivity contribution in [2.24, 2.45) is 0 Å². The lowest BCUT2D eigenvalue weighted by Crippen LogP contribution is -2.23. The second-order valence-electron chi connectivity index (χ2n) is 6.63. The number of hydrogen-bond donors (Lipinski definition) is 1. The highest BCUT2D eigenvalue weighted by Gasteiger charge is 2.14. The number of nitrogens with one attached hydrogen (secondary N) is 1. The molecule has 138 valence electrons. The van der Waals surface area contributed by atoms with E-state index in [-0.39, 0.29) is 17.2 Å². The summed E-state index contributed by atoms with van der Waals surface area (Å²) in [5.41, 5.74) is 4.14. The number of aromatic nitrogens is 2. The first-order valence-corrected chi connectivity index (χ1v) is 10.2. The summed E-state index contributed by atoms with van der Waals surface area (Å²) < 4.78 is 1.62. The van der Waals surface area contributed by atoms with Crippen molar-refractivity contribution in [3.05, 3.63) is 63.9 Å². The van der Waals surface area contributed by atoms with Gasteiger partial charge in [0.1, 0.15) is 0 Å². The molecule has 1 aliphatic carbocycles. The summed E-state index contributed by atoms with van der Waals surface area (Å²) in [5, 5.41) is 4.13. The van der Waals surface area contributed by atoms with E-state index in [9.17, 15) is 9.59 Å². The number of hydrogen-bond acceptors (Lipinski definition) is 4. The van der Waals surface area contributed by atoms with Crippen LogP contribution in [0.25, 0.3) is 10.9 Å². The number of aryl methyl sites for hydroxylation is 2. The van der Waals surface area contributed by atoms with Crippen molar-refractivity contribution in [2.75, 3.05) is 11.1 Å². The molecule has 2 aromatic carbocycles. The quantitative estimate of drug-likeness (QED) is 0.543. The van der Waals surface area contributed by atoms with Gasteiger partial charge in [0.2, 0.25) is 5.91 Å². The van der Waals surface area contributed by atoms with Gasteiger partial charge in [-0.15, -0.1) is 0 Å². The third kappa shape index (κ3) is 3.62. The Balaban J connectivity index is 1.49. The molecule has 1 aromatic heterocycles. The number of anilines is 1. The van der Waals surface area contributed by atoms with Crippen LogP contribution >= 0.6 is 11.8 Å². The van der Waals surface area contributed by atoms with Crippen LogP contribution in [0.5, 0.6) is 0 Å². The number of carbonyl (C=O) groups excluding carboxylic acids is 1. The fraction of sp³-hybridized carbons (Fsp3) is 0.286. The second-order valence-corrected chi connectivity index (χ2v) is 7.58. The van der Waals surface area contributed by atoms with Crippen LogP contribution in [0.2, 0.25) is 0 Å². The molecule has 3 aromatic rings. The Bertz CT molecular complexity index is 1070. The van der Waals surface area contributed by atoms with Crippen LogP contribution < -0.4 is 10.9 Å². The van der Waals surface area contributed by atoms with Gasteiger partial charge < -0.3 is 5.32 Å². The second kappa shape index (κ2) is 7.56. The minimum atomic E-state index is -0.0944. The van der Waals surface area contributed by atoms with Crippen LogP contribution in [0.1, 0.15) is 24.5 Å². The third-order valence-electron chi connectivity index (χ3n) is 4.86. The number of nitrogens with zero attached hydrogens (tertiary/aromatic N) is 2. The van der Waals surface area contributed by atoms with Gasteiger partial charge in [0.25, 0.3) is 5.56 Å². The first-order chi connectivity index (χ1) is 13.2. The SMILES string of the molecule is CCn1c(SCC(=O)Nc2ccc3c(c2)CCC3)nc2ccccc2c1=O. The van der Waals surface area contributed by atoms with Gasteiger partial charge in [-0.2, -0.15) is 0 Å². The smallest absolute Gasteiger partial charge is 0.262 e. The Morgan fingerprint density at radius 2 is 2.00 bits per heavy atom. The number of thioether (sulfide) groups is 1. The van der Waals surface area contributed by atoms with Gasteiger partial charge in [-0.3, -0.25) is 14.2 Å². The van der Waals surface area contributed by atoms with Crippen molar-refractivity contribution >= 4 is 34.3 Å². The first-order valence-electron chi connectivity index (χ1n) is 9.19. The van der Waals surface area contributed by atoms with Gasteiger partial charge in [-0.25, -0.2) is 4.98 Å². The van der Waals surface area contributed by atoms with Gasteiger partial charge in [-0.1, -0.05) is 30.0 Å². The molecule has 0 fully saturated rings. The summed E-state index contributed by atoms with van der Waals surface area (Å²) in [5.74, 6) is 0.116. The van der Waals surface area contributed by atoms with E-state index in [1.165, 1.54) is 29.3 Å². The van der Waals surface area contributed by atoms with Gasteiger partial charge in [0.05, 0.1) is 16.7 Å². The normalized spacial score (nSPS) is 12.9. The van der Waals surface area contributed by atoms with Crippen molar-refractivity contribution < 1.29 is 4.79 Å². The standard InChI is InChI=1S/C21H21N3O2S/c1-2-24-20(26)17-8-3-4-9-18(17)23-21(24)27-13-19(25)22-16-11-10-14-6-5-7-15(14)12-16/h3-4,8-12H,2,5-7,13H2,1H3,(H,22,25). The van der Waals surface area contributed by atoms with Crippen LogP contribution in [0.4, 0.5) is 5.69 Å². The molecule has 5 nitrogen and oxygen atoms in total. The molecule has 1 amide bonds.